The zero-order valence-corrected chi connectivity index (χ0v) is 9.28. The van der Waals surface area contributed by atoms with E-state index in [1.807, 2.05) is 0 Å². The second kappa shape index (κ2) is 5.47. The molecule has 0 fully saturated rings. The summed E-state index contributed by atoms with van der Waals surface area (Å²) in [5.74, 6) is -0.312. The van der Waals surface area contributed by atoms with Gasteiger partial charge in [-0.1, -0.05) is 0 Å². The Hall–Kier alpha value is -2.13. The molecule has 0 aliphatic rings. The van der Waals surface area contributed by atoms with Gasteiger partial charge in [0.1, 0.15) is 6.33 Å². The van der Waals surface area contributed by atoms with Gasteiger partial charge in [-0.25, -0.2) is 9.97 Å². The van der Waals surface area contributed by atoms with E-state index in [0.717, 1.165) is 6.33 Å². The maximum Gasteiger partial charge on any atom is 0.390 e. The Balaban J connectivity index is 2.85. The van der Waals surface area contributed by atoms with Crippen LogP contribution in [0.1, 0.15) is 6.42 Å². The Morgan fingerprint density at radius 2 is 2.00 bits per heavy atom. The molecule has 1 aromatic heterocycles. The van der Waals surface area contributed by atoms with Crippen LogP contribution in [0, 0.1) is 10.1 Å². The minimum absolute atomic E-state index is 0.0653. The topological polar surface area (TPSA) is 93.0 Å². The van der Waals surface area contributed by atoms with Crippen LogP contribution in [-0.4, -0.2) is 34.7 Å². The smallest absolute Gasteiger partial charge is 0.367 e. The lowest BCUT2D eigenvalue weighted by Crippen LogP contribution is -2.16. The first kappa shape index (κ1) is 13.9. The third kappa shape index (κ3) is 3.71. The van der Waals surface area contributed by atoms with E-state index in [-0.39, 0.29) is 11.6 Å². The molecule has 100 valence electrons. The van der Waals surface area contributed by atoms with E-state index in [2.05, 4.69) is 20.6 Å². The van der Waals surface area contributed by atoms with Crippen LogP contribution in [0.25, 0.3) is 0 Å². The van der Waals surface area contributed by atoms with E-state index >= 15 is 0 Å². The van der Waals surface area contributed by atoms with E-state index in [0.29, 0.717) is 0 Å². The SMILES string of the molecule is CNc1ncnc(NCCC(F)(F)F)c1[N+](=O)[O-]. The van der Waals surface area contributed by atoms with Crippen molar-refractivity contribution in [1.82, 2.24) is 9.97 Å². The first-order valence-corrected chi connectivity index (χ1v) is 4.83. The van der Waals surface area contributed by atoms with Gasteiger partial charge in [-0.3, -0.25) is 10.1 Å². The highest BCUT2D eigenvalue weighted by molar-refractivity contribution is 5.68. The van der Waals surface area contributed by atoms with Gasteiger partial charge in [-0.2, -0.15) is 13.2 Å². The normalized spacial score (nSPS) is 11.1. The highest BCUT2D eigenvalue weighted by Crippen LogP contribution is 2.28. The summed E-state index contributed by atoms with van der Waals surface area (Å²) in [4.78, 5) is 17.2. The molecule has 7 nitrogen and oxygen atoms in total. The third-order valence-electron chi connectivity index (χ3n) is 1.94. The minimum atomic E-state index is -4.33. The summed E-state index contributed by atoms with van der Waals surface area (Å²) in [6, 6.07) is 0. The maximum atomic E-state index is 11.9. The van der Waals surface area contributed by atoms with Crippen molar-refractivity contribution < 1.29 is 18.1 Å². The number of rotatable bonds is 5. The fourth-order valence-corrected chi connectivity index (χ4v) is 1.19. The van der Waals surface area contributed by atoms with Crippen LogP contribution in [-0.2, 0) is 0 Å². The molecule has 0 radical (unpaired) electrons. The van der Waals surface area contributed by atoms with Crippen molar-refractivity contribution in [1.29, 1.82) is 0 Å². The Kier molecular flexibility index (Phi) is 4.23. The fourth-order valence-electron chi connectivity index (χ4n) is 1.19. The number of aromatic nitrogens is 2. The van der Waals surface area contributed by atoms with E-state index in [9.17, 15) is 23.3 Å². The van der Waals surface area contributed by atoms with Gasteiger partial charge in [-0.05, 0) is 0 Å². The molecule has 0 spiro atoms. The van der Waals surface area contributed by atoms with Crippen LogP contribution in [0.5, 0.6) is 0 Å². The highest BCUT2D eigenvalue weighted by atomic mass is 19.4. The van der Waals surface area contributed by atoms with Gasteiger partial charge in [0, 0.05) is 13.6 Å². The number of alkyl halides is 3. The van der Waals surface area contributed by atoms with E-state index in [1.165, 1.54) is 7.05 Å². The lowest BCUT2D eigenvalue weighted by Gasteiger charge is -2.09. The van der Waals surface area contributed by atoms with E-state index in [1.54, 1.807) is 0 Å². The summed E-state index contributed by atoms with van der Waals surface area (Å²) in [5, 5.41) is 15.5. The van der Waals surface area contributed by atoms with Crippen LogP contribution in [0.4, 0.5) is 30.5 Å². The number of hydrogen-bond acceptors (Lipinski definition) is 6. The molecule has 0 saturated carbocycles. The number of anilines is 2. The molecule has 1 aromatic rings. The predicted molar refractivity (Wildman–Crippen MR) is 57.4 cm³/mol. The molecule has 0 atom stereocenters. The molecule has 18 heavy (non-hydrogen) atoms. The van der Waals surface area contributed by atoms with Crippen molar-refractivity contribution in [2.75, 3.05) is 24.2 Å². The Morgan fingerprint density at radius 3 is 2.50 bits per heavy atom. The first-order chi connectivity index (χ1) is 8.35. The second-order valence-electron chi connectivity index (χ2n) is 3.22. The molecule has 0 aliphatic heterocycles. The average molecular weight is 265 g/mol. The predicted octanol–water partition coefficient (Wildman–Crippen LogP) is 1.79. The molecule has 10 heteroatoms. The molecule has 0 amide bonds. The van der Waals surface area contributed by atoms with Crippen molar-refractivity contribution >= 4 is 17.3 Å². The molecular formula is C8H10F3N5O2. The zero-order valence-electron chi connectivity index (χ0n) is 9.28. The summed E-state index contributed by atoms with van der Waals surface area (Å²) in [6.07, 6.45) is -4.42. The monoisotopic (exact) mass is 265 g/mol. The van der Waals surface area contributed by atoms with Crippen LogP contribution in [0.2, 0.25) is 0 Å². The zero-order chi connectivity index (χ0) is 13.8. The molecule has 0 bridgehead atoms. The molecule has 2 N–H and O–H groups in total. The van der Waals surface area contributed by atoms with Crippen molar-refractivity contribution in [2.24, 2.45) is 0 Å². The Labute approximate surface area is 99.6 Å². The van der Waals surface area contributed by atoms with Crippen LogP contribution in [0.15, 0.2) is 6.33 Å². The fraction of sp³-hybridized carbons (Fsp3) is 0.500. The van der Waals surface area contributed by atoms with Crippen LogP contribution in [0.3, 0.4) is 0 Å². The standard InChI is InChI=1S/C8H10F3N5O2/c1-12-6-5(16(17)18)7(15-4-14-6)13-3-2-8(9,10)11/h4H,2-3H2,1H3,(H2,12,13,14,15). The highest BCUT2D eigenvalue weighted by Gasteiger charge is 2.28. The molecule has 0 aliphatic carbocycles. The summed E-state index contributed by atoms with van der Waals surface area (Å²) in [5.41, 5.74) is -0.484. The molecule has 1 rings (SSSR count). The van der Waals surface area contributed by atoms with Gasteiger partial charge in [0.2, 0.25) is 11.6 Å². The van der Waals surface area contributed by atoms with Crippen molar-refractivity contribution in [2.45, 2.75) is 12.6 Å². The van der Waals surface area contributed by atoms with Crippen LogP contribution >= 0.6 is 0 Å². The van der Waals surface area contributed by atoms with Gasteiger partial charge in [-0.15, -0.1) is 0 Å². The molecule has 0 unspecified atom stereocenters. The minimum Gasteiger partial charge on any atom is -0.367 e. The number of hydrogen-bond donors (Lipinski definition) is 2. The van der Waals surface area contributed by atoms with E-state index < -0.39 is 29.8 Å². The lowest BCUT2D eigenvalue weighted by atomic mass is 10.4. The molecule has 0 aromatic carbocycles. The summed E-state index contributed by atoms with van der Waals surface area (Å²) >= 11 is 0. The lowest BCUT2D eigenvalue weighted by molar-refractivity contribution is -0.383. The van der Waals surface area contributed by atoms with Crippen molar-refractivity contribution in [3.8, 4) is 0 Å². The number of halogens is 3. The third-order valence-corrected chi connectivity index (χ3v) is 1.94. The molecule has 1 heterocycles. The van der Waals surface area contributed by atoms with Gasteiger partial charge in [0.05, 0.1) is 11.3 Å². The first-order valence-electron chi connectivity index (χ1n) is 4.83. The van der Waals surface area contributed by atoms with E-state index in [4.69, 9.17) is 0 Å². The summed E-state index contributed by atoms with van der Waals surface area (Å²) < 4.78 is 35.8. The number of nitro groups is 1. The Bertz CT molecular complexity index is 437. The van der Waals surface area contributed by atoms with Gasteiger partial charge < -0.3 is 10.6 Å². The quantitative estimate of drug-likeness (QED) is 0.622. The van der Waals surface area contributed by atoms with Crippen LogP contribution < -0.4 is 10.6 Å². The van der Waals surface area contributed by atoms with Gasteiger partial charge in [0.25, 0.3) is 0 Å². The average Bonchev–Trinajstić information content (AvgIpc) is 2.26. The summed E-state index contributed by atoms with van der Waals surface area (Å²) in [6.45, 7) is -0.496. The largest absolute Gasteiger partial charge is 0.390 e. The summed E-state index contributed by atoms with van der Waals surface area (Å²) in [7, 11) is 1.41. The van der Waals surface area contributed by atoms with Gasteiger partial charge in [0.15, 0.2) is 0 Å². The number of nitrogens with one attached hydrogen (secondary N) is 2. The van der Waals surface area contributed by atoms with Crippen molar-refractivity contribution in [3.05, 3.63) is 16.4 Å². The molecule has 0 saturated heterocycles. The van der Waals surface area contributed by atoms with Crippen molar-refractivity contribution in [3.63, 3.8) is 0 Å². The van der Waals surface area contributed by atoms with Gasteiger partial charge >= 0.3 is 11.9 Å². The number of nitrogens with zero attached hydrogens (tertiary/aromatic N) is 3. The second-order valence-corrected chi connectivity index (χ2v) is 3.22. The molecular weight excluding hydrogens is 255 g/mol. The maximum absolute atomic E-state index is 11.9. The Morgan fingerprint density at radius 1 is 1.39 bits per heavy atom.